The van der Waals surface area contributed by atoms with Crippen LogP contribution in [0, 0.1) is 11.8 Å². The summed E-state index contributed by atoms with van der Waals surface area (Å²) in [5, 5.41) is 24.9. The third-order valence-corrected chi connectivity index (χ3v) is 6.11. The molecule has 7 nitrogen and oxygen atoms in total. The van der Waals surface area contributed by atoms with E-state index in [9.17, 15) is 24.6 Å². The first-order chi connectivity index (χ1) is 13.6. The van der Waals surface area contributed by atoms with Crippen molar-refractivity contribution in [3.05, 3.63) is 48.0 Å². The zero-order valence-corrected chi connectivity index (χ0v) is 16.5. The van der Waals surface area contributed by atoms with Crippen LogP contribution in [-0.2, 0) is 14.4 Å². The number of nitrogens with one attached hydrogen (secondary N) is 1. The Balaban J connectivity index is 1.94. The molecule has 0 radical (unpaired) electrons. The number of aliphatic hydroxyl groups excluding tert-OH is 1. The van der Waals surface area contributed by atoms with Gasteiger partial charge in [-0.15, -0.1) is 0 Å². The van der Waals surface area contributed by atoms with Crippen molar-refractivity contribution in [2.24, 2.45) is 11.8 Å². The molecule has 4 rings (SSSR count). The van der Waals surface area contributed by atoms with Crippen LogP contribution in [0.4, 0.5) is 0 Å². The zero-order valence-electron chi connectivity index (χ0n) is 16.5. The maximum absolute atomic E-state index is 13.4. The highest BCUT2D eigenvalue weighted by Gasteiger charge is 2.69. The van der Waals surface area contributed by atoms with Gasteiger partial charge in [-0.3, -0.25) is 24.6 Å². The minimum atomic E-state index is -1.92. The lowest BCUT2D eigenvalue weighted by molar-refractivity contribution is -0.155. The molecule has 0 aromatic heterocycles. The number of carbonyl (C=O) groups is 3. The van der Waals surface area contributed by atoms with Gasteiger partial charge in [-0.1, -0.05) is 42.5 Å². The third kappa shape index (κ3) is 2.61. The number of hydrogen-bond donors (Lipinski definition) is 3. The lowest BCUT2D eigenvalue weighted by atomic mass is 9.79. The molecule has 2 aromatic carbocycles. The molecule has 2 amide bonds. The molecule has 0 aliphatic carbocycles. The first-order valence-electron chi connectivity index (χ1n) is 9.61. The largest absolute Gasteiger partial charge is 0.480 e. The number of hydrogen-bond acceptors (Lipinski definition) is 5. The highest BCUT2D eigenvalue weighted by molar-refractivity contribution is 6.10. The molecule has 7 heteroatoms. The molecule has 2 fully saturated rings. The Morgan fingerprint density at radius 3 is 2.38 bits per heavy atom. The summed E-state index contributed by atoms with van der Waals surface area (Å²) >= 11 is 0. The summed E-state index contributed by atoms with van der Waals surface area (Å²) in [6.07, 6.45) is 0. The number of nitrogens with zero attached hydrogens (tertiary/aromatic N) is 1. The second kappa shape index (κ2) is 6.37. The van der Waals surface area contributed by atoms with Crippen molar-refractivity contribution in [3.8, 4) is 0 Å². The number of benzene rings is 2. The summed E-state index contributed by atoms with van der Waals surface area (Å²) in [6.45, 7) is 4.44. The molecule has 152 valence electrons. The predicted molar refractivity (Wildman–Crippen MR) is 106 cm³/mol. The van der Waals surface area contributed by atoms with Gasteiger partial charge in [0.05, 0.1) is 18.4 Å². The number of aliphatic carboxylic acids is 1. The summed E-state index contributed by atoms with van der Waals surface area (Å²) < 4.78 is 0. The number of rotatable bonds is 3. The first kappa shape index (κ1) is 19.5. The van der Waals surface area contributed by atoms with Gasteiger partial charge in [0.1, 0.15) is 0 Å². The van der Waals surface area contributed by atoms with Crippen LogP contribution >= 0.6 is 0 Å². The van der Waals surface area contributed by atoms with Crippen molar-refractivity contribution in [2.75, 3.05) is 6.61 Å². The Hall–Kier alpha value is -2.77. The van der Waals surface area contributed by atoms with Gasteiger partial charge in [-0.05, 0) is 37.1 Å². The molecular formula is C22H24N2O5. The van der Waals surface area contributed by atoms with Crippen LogP contribution in [-0.4, -0.2) is 50.6 Å². The number of carbonyl (C=O) groups excluding carboxylic acids is 2. The summed E-state index contributed by atoms with van der Waals surface area (Å²) in [5.74, 6) is -4.39. The fourth-order valence-electron chi connectivity index (χ4n) is 4.86. The number of imide groups is 1. The topological polar surface area (TPSA) is 107 Å². The normalized spacial score (nSPS) is 29.5. The summed E-state index contributed by atoms with van der Waals surface area (Å²) in [6, 6.07) is 12.5. The smallest absolute Gasteiger partial charge is 0.327 e. The van der Waals surface area contributed by atoms with E-state index in [0.29, 0.717) is 0 Å². The second-order valence-electron chi connectivity index (χ2n) is 8.81. The van der Waals surface area contributed by atoms with Crippen molar-refractivity contribution in [1.82, 2.24) is 10.2 Å². The van der Waals surface area contributed by atoms with E-state index in [2.05, 4.69) is 5.32 Å². The molecule has 0 saturated carbocycles. The number of fused-ring (bicyclic) bond motifs is 2. The van der Waals surface area contributed by atoms with Gasteiger partial charge in [0.25, 0.3) is 0 Å². The number of carboxylic acid groups (broad SMARTS) is 1. The van der Waals surface area contributed by atoms with Crippen LogP contribution in [0.15, 0.2) is 42.5 Å². The maximum Gasteiger partial charge on any atom is 0.327 e. The van der Waals surface area contributed by atoms with E-state index in [0.717, 1.165) is 21.2 Å². The second-order valence-corrected chi connectivity index (χ2v) is 8.81. The summed E-state index contributed by atoms with van der Waals surface area (Å²) in [5.41, 5.74) is -1.97. The predicted octanol–water partition coefficient (Wildman–Crippen LogP) is 1.70. The average molecular weight is 396 g/mol. The van der Waals surface area contributed by atoms with E-state index in [4.69, 9.17) is 0 Å². The Kier molecular flexibility index (Phi) is 4.29. The van der Waals surface area contributed by atoms with E-state index >= 15 is 0 Å². The van der Waals surface area contributed by atoms with Crippen molar-refractivity contribution >= 4 is 28.6 Å². The van der Waals surface area contributed by atoms with E-state index in [-0.39, 0.29) is 0 Å². The SMILES string of the molecule is CC(C)(C)N1C(=O)C2C(c3cccc4ccccc34)NC(CO)(C(=O)O)C2C1=O. The van der Waals surface area contributed by atoms with Crippen molar-refractivity contribution < 1.29 is 24.6 Å². The van der Waals surface area contributed by atoms with Crippen molar-refractivity contribution in [1.29, 1.82) is 0 Å². The van der Waals surface area contributed by atoms with Crippen LogP contribution in [0.3, 0.4) is 0 Å². The monoisotopic (exact) mass is 396 g/mol. The van der Waals surface area contributed by atoms with Gasteiger partial charge in [-0.25, -0.2) is 0 Å². The quantitative estimate of drug-likeness (QED) is 0.682. The molecule has 0 spiro atoms. The standard InChI is InChI=1S/C22H24N2O5/c1-21(2,3)24-18(26)15-16(19(24)27)22(11-25,20(28)29)23-17(15)14-10-6-8-12-7-4-5-9-13(12)14/h4-10,15-17,23,25H,11H2,1-3H3,(H,28,29). The molecule has 4 unspecified atom stereocenters. The number of amides is 2. The Morgan fingerprint density at radius 2 is 1.76 bits per heavy atom. The Morgan fingerprint density at radius 1 is 1.10 bits per heavy atom. The lowest BCUT2D eigenvalue weighted by Crippen LogP contribution is -2.59. The van der Waals surface area contributed by atoms with E-state index < -0.39 is 53.3 Å². The molecule has 3 N–H and O–H groups in total. The number of aliphatic hydroxyl groups is 1. The molecule has 0 bridgehead atoms. The maximum atomic E-state index is 13.4. The zero-order chi connectivity index (χ0) is 21.1. The third-order valence-electron chi connectivity index (χ3n) is 6.11. The van der Waals surface area contributed by atoms with Gasteiger partial charge in [0.15, 0.2) is 5.54 Å². The fourth-order valence-corrected chi connectivity index (χ4v) is 4.86. The van der Waals surface area contributed by atoms with Gasteiger partial charge in [0.2, 0.25) is 11.8 Å². The van der Waals surface area contributed by atoms with Crippen LogP contribution in [0.1, 0.15) is 32.4 Å². The molecular weight excluding hydrogens is 372 g/mol. The highest BCUT2D eigenvalue weighted by Crippen LogP contribution is 2.51. The Bertz CT molecular complexity index is 1020. The van der Waals surface area contributed by atoms with Crippen LogP contribution in [0.5, 0.6) is 0 Å². The van der Waals surface area contributed by atoms with Crippen LogP contribution in [0.25, 0.3) is 10.8 Å². The van der Waals surface area contributed by atoms with E-state index in [1.54, 1.807) is 20.8 Å². The van der Waals surface area contributed by atoms with Gasteiger partial charge >= 0.3 is 5.97 Å². The van der Waals surface area contributed by atoms with Crippen molar-refractivity contribution in [2.45, 2.75) is 37.9 Å². The summed E-state index contributed by atoms with van der Waals surface area (Å²) in [4.78, 5) is 40.0. The highest BCUT2D eigenvalue weighted by atomic mass is 16.4. The van der Waals surface area contributed by atoms with E-state index in [1.165, 1.54) is 0 Å². The molecule has 2 saturated heterocycles. The number of carboxylic acids is 1. The molecule has 4 atom stereocenters. The molecule has 2 heterocycles. The number of likely N-dealkylation sites (tertiary alicyclic amines) is 1. The minimum Gasteiger partial charge on any atom is -0.480 e. The van der Waals surface area contributed by atoms with Crippen LogP contribution < -0.4 is 5.32 Å². The van der Waals surface area contributed by atoms with Gasteiger partial charge < -0.3 is 10.2 Å². The van der Waals surface area contributed by atoms with E-state index in [1.807, 2.05) is 42.5 Å². The van der Waals surface area contributed by atoms with Gasteiger partial charge in [-0.2, -0.15) is 0 Å². The summed E-state index contributed by atoms with van der Waals surface area (Å²) in [7, 11) is 0. The first-order valence-corrected chi connectivity index (χ1v) is 9.61. The van der Waals surface area contributed by atoms with Gasteiger partial charge in [0, 0.05) is 11.6 Å². The van der Waals surface area contributed by atoms with Crippen LogP contribution in [0.2, 0.25) is 0 Å². The fraction of sp³-hybridized carbons (Fsp3) is 0.409. The molecule has 2 aliphatic heterocycles. The average Bonchev–Trinajstić information content (AvgIpc) is 3.15. The molecule has 29 heavy (non-hydrogen) atoms. The lowest BCUT2D eigenvalue weighted by Gasteiger charge is -2.34. The Labute approximate surface area is 168 Å². The van der Waals surface area contributed by atoms with Crippen molar-refractivity contribution in [3.63, 3.8) is 0 Å². The molecule has 2 aromatic rings. The molecule has 2 aliphatic rings. The minimum absolute atomic E-state index is 0.408.